The van der Waals surface area contributed by atoms with Gasteiger partial charge in [0.1, 0.15) is 0 Å². The molecule has 0 aromatic heterocycles. The highest BCUT2D eigenvalue weighted by Gasteiger charge is 2.22. The van der Waals surface area contributed by atoms with Crippen molar-refractivity contribution in [3.05, 3.63) is 65.7 Å². The van der Waals surface area contributed by atoms with Gasteiger partial charge in [0.2, 0.25) is 0 Å². The molecule has 1 saturated carbocycles. The summed E-state index contributed by atoms with van der Waals surface area (Å²) in [6, 6.07) is 19.0. The monoisotopic (exact) mass is 498 g/mol. The molecule has 4 rings (SSSR count). The second-order valence-electron chi connectivity index (χ2n) is 12.3. The molecule has 2 aliphatic carbocycles. The first-order chi connectivity index (χ1) is 18.3. The first-order valence-corrected chi connectivity index (χ1v) is 16.2. The normalized spacial score (nSPS) is 22.1. The predicted octanol–water partition coefficient (Wildman–Crippen LogP) is 12.1. The van der Waals surface area contributed by atoms with Gasteiger partial charge in [0, 0.05) is 0 Å². The van der Waals surface area contributed by atoms with E-state index in [-0.39, 0.29) is 0 Å². The highest BCUT2D eigenvalue weighted by atomic mass is 14.3. The van der Waals surface area contributed by atoms with Gasteiger partial charge in [0.25, 0.3) is 0 Å². The van der Waals surface area contributed by atoms with Crippen molar-refractivity contribution in [3.63, 3.8) is 0 Å². The Hall–Kier alpha value is -1.82. The SMILES string of the molecule is CCCCCCCC1CC=C(c2ccc(-c3ccc([C@H]4CC[C@H](CCCCCC)CC4)cc3)cc2)CC1. The molecule has 1 fully saturated rings. The molecule has 1 unspecified atom stereocenters. The highest BCUT2D eigenvalue weighted by molar-refractivity contribution is 5.71. The summed E-state index contributed by atoms with van der Waals surface area (Å²) in [5, 5.41) is 0. The summed E-state index contributed by atoms with van der Waals surface area (Å²) in [4.78, 5) is 0. The Morgan fingerprint density at radius 2 is 1.08 bits per heavy atom. The number of hydrogen-bond acceptors (Lipinski definition) is 0. The molecule has 2 aliphatic rings. The molecule has 0 nitrogen and oxygen atoms in total. The van der Waals surface area contributed by atoms with Gasteiger partial charge in [0.15, 0.2) is 0 Å². The standard InChI is InChI=1S/C37H54/c1-3-5-7-9-11-13-31-16-20-33(21-17-31)35-24-28-37(29-25-35)36-26-22-34(23-27-36)32-18-14-30(15-19-32)12-10-8-6-4-2/h20,22-32H,3-19,21H2,1-2H3/t30-,31?,32-. The van der Waals surface area contributed by atoms with Gasteiger partial charge in [-0.25, -0.2) is 0 Å². The molecule has 202 valence electrons. The van der Waals surface area contributed by atoms with Crippen molar-refractivity contribution >= 4 is 5.57 Å². The van der Waals surface area contributed by atoms with E-state index in [1.165, 1.54) is 132 Å². The Kier molecular flexibility index (Phi) is 11.9. The zero-order valence-electron chi connectivity index (χ0n) is 24.2. The molecule has 1 atom stereocenters. The lowest BCUT2D eigenvalue weighted by atomic mass is 9.77. The Morgan fingerprint density at radius 1 is 0.541 bits per heavy atom. The molecular formula is C37H54. The Balaban J connectivity index is 1.23. The molecule has 2 aromatic rings. The third kappa shape index (κ3) is 8.87. The number of allylic oxidation sites excluding steroid dienone is 2. The topological polar surface area (TPSA) is 0 Å². The Labute approximate surface area is 229 Å². The minimum Gasteiger partial charge on any atom is -0.0804 e. The van der Waals surface area contributed by atoms with Crippen LogP contribution in [-0.4, -0.2) is 0 Å². The van der Waals surface area contributed by atoms with E-state index >= 15 is 0 Å². The highest BCUT2D eigenvalue weighted by Crippen LogP contribution is 2.39. The summed E-state index contributed by atoms with van der Waals surface area (Å²) in [7, 11) is 0. The second kappa shape index (κ2) is 15.6. The van der Waals surface area contributed by atoms with Crippen molar-refractivity contribution in [1.82, 2.24) is 0 Å². The molecular weight excluding hydrogens is 444 g/mol. The number of rotatable bonds is 14. The lowest BCUT2D eigenvalue weighted by molar-refractivity contribution is 0.302. The first kappa shape index (κ1) is 28.2. The quantitative estimate of drug-likeness (QED) is 0.227. The van der Waals surface area contributed by atoms with Crippen LogP contribution in [0.3, 0.4) is 0 Å². The first-order valence-electron chi connectivity index (χ1n) is 16.2. The maximum Gasteiger partial charge on any atom is -0.0162 e. The third-order valence-corrected chi connectivity index (χ3v) is 9.52. The van der Waals surface area contributed by atoms with Crippen molar-refractivity contribution in [2.45, 2.75) is 135 Å². The molecule has 0 aliphatic heterocycles. The van der Waals surface area contributed by atoms with Crippen LogP contribution in [0.5, 0.6) is 0 Å². The van der Waals surface area contributed by atoms with E-state index in [0.717, 1.165) is 17.8 Å². The van der Waals surface area contributed by atoms with Crippen molar-refractivity contribution in [2.75, 3.05) is 0 Å². The fourth-order valence-electron chi connectivity index (χ4n) is 6.92. The molecule has 37 heavy (non-hydrogen) atoms. The summed E-state index contributed by atoms with van der Waals surface area (Å²) in [6.07, 6.45) is 27.8. The van der Waals surface area contributed by atoms with E-state index in [0.29, 0.717) is 0 Å². The molecule has 0 saturated heterocycles. The molecule has 0 bridgehead atoms. The Bertz CT molecular complexity index is 908. The molecule has 0 radical (unpaired) electrons. The molecule has 0 N–H and O–H groups in total. The maximum atomic E-state index is 2.55. The van der Waals surface area contributed by atoms with E-state index < -0.39 is 0 Å². The van der Waals surface area contributed by atoms with Gasteiger partial charge < -0.3 is 0 Å². The summed E-state index contributed by atoms with van der Waals surface area (Å²) < 4.78 is 0. The Morgan fingerprint density at radius 3 is 1.68 bits per heavy atom. The number of unbranched alkanes of at least 4 members (excludes halogenated alkanes) is 7. The van der Waals surface area contributed by atoms with Crippen LogP contribution in [0, 0.1) is 11.8 Å². The van der Waals surface area contributed by atoms with Crippen molar-refractivity contribution in [1.29, 1.82) is 0 Å². The summed E-state index contributed by atoms with van der Waals surface area (Å²) in [5.41, 5.74) is 7.29. The van der Waals surface area contributed by atoms with Gasteiger partial charge in [-0.15, -0.1) is 0 Å². The third-order valence-electron chi connectivity index (χ3n) is 9.52. The summed E-state index contributed by atoms with van der Waals surface area (Å²) in [5.74, 6) is 2.69. The summed E-state index contributed by atoms with van der Waals surface area (Å²) in [6.45, 7) is 4.61. The van der Waals surface area contributed by atoms with E-state index in [1.54, 1.807) is 11.1 Å². The zero-order chi connectivity index (χ0) is 25.7. The molecule has 0 heteroatoms. The lowest BCUT2D eigenvalue weighted by Gasteiger charge is -2.29. The van der Waals surface area contributed by atoms with Crippen molar-refractivity contribution in [2.24, 2.45) is 11.8 Å². The van der Waals surface area contributed by atoms with Gasteiger partial charge >= 0.3 is 0 Å². The smallest absolute Gasteiger partial charge is 0.0162 e. The molecule has 0 amide bonds. The molecule has 2 aromatic carbocycles. The van der Waals surface area contributed by atoms with Crippen molar-refractivity contribution < 1.29 is 0 Å². The minimum absolute atomic E-state index is 0.779. The van der Waals surface area contributed by atoms with E-state index in [9.17, 15) is 0 Å². The van der Waals surface area contributed by atoms with Gasteiger partial charge in [0.05, 0.1) is 0 Å². The van der Waals surface area contributed by atoms with Gasteiger partial charge in [-0.05, 0) is 90.5 Å². The van der Waals surface area contributed by atoms with Crippen LogP contribution in [0.25, 0.3) is 16.7 Å². The van der Waals surface area contributed by atoms with E-state index in [4.69, 9.17) is 0 Å². The van der Waals surface area contributed by atoms with Crippen LogP contribution in [-0.2, 0) is 0 Å². The number of benzene rings is 2. The van der Waals surface area contributed by atoms with Crippen LogP contribution in [0.15, 0.2) is 54.6 Å². The van der Waals surface area contributed by atoms with Crippen LogP contribution >= 0.6 is 0 Å². The fourth-order valence-corrected chi connectivity index (χ4v) is 6.92. The van der Waals surface area contributed by atoms with Crippen molar-refractivity contribution in [3.8, 4) is 11.1 Å². The van der Waals surface area contributed by atoms with E-state index in [1.807, 2.05) is 0 Å². The van der Waals surface area contributed by atoms with Crippen LogP contribution in [0.4, 0.5) is 0 Å². The second-order valence-corrected chi connectivity index (χ2v) is 12.3. The van der Waals surface area contributed by atoms with Gasteiger partial charge in [-0.1, -0.05) is 139 Å². The lowest BCUT2D eigenvalue weighted by Crippen LogP contribution is -2.13. The average molecular weight is 499 g/mol. The minimum atomic E-state index is 0.779. The van der Waals surface area contributed by atoms with E-state index in [2.05, 4.69) is 68.5 Å². The van der Waals surface area contributed by atoms with Crippen LogP contribution in [0.1, 0.15) is 146 Å². The average Bonchev–Trinajstić information content (AvgIpc) is 2.96. The molecule has 0 heterocycles. The van der Waals surface area contributed by atoms with Gasteiger partial charge in [-0.3, -0.25) is 0 Å². The molecule has 0 spiro atoms. The largest absolute Gasteiger partial charge is 0.0804 e. The number of hydrogen-bond donors (Lipinski definition) is 0. The predicted molar refractivity (Wildman–Crippen MR) is 164 cm³/mol. The zero-order valence-corrected chi connectivity index (χ0v) is 24.2. The maximum absolute atomic E-state index is 2.55. The van der Waals surface area contributed by atoms with Gasteiger partial charge in [-0.2, -0.15) is 0 Å². The van der Waals surface area contributed by atoms with Crippen LogP contribution < -0.4 is 0 Å². The summed E-state index contributed by atoms with van der Waals surface area (Å²) >= 11 is 0. The fraction of sp³-hybridized carbons (Fsp3) is 0.622. The van der Waals surface area contributed by atoms with Crippen LogP contribution in [0.2, 0.25) is 0 Å².